The van der Waals surface area contributed by atoms with Crippen molar-refractivity contribution < 1.29 is 19.1 Å². The van der Waals surface area contributed by atoms with Crippen molar-refractivity contribution in [3.8, 4) is 5.75 Å². The Kier molecular flexibility index (Phi) is 7.61. The third-order valence-corrected chi connectivity index (χ3v) is 3.98. The summed E-state index contributed by atoms with van der Waals surface area (Å²) in [5, 5.41) is 2.73. The van der Waals surface area contributed by atoms with Gasteiger partial charge in [0.2, 0.25) is 0 Å². The molecule has 0 saturated carbocycles. The molecule has 1 unspecified atom stereocenters. The van der Waals surface area contributed by atoms with Crippen molar-refractivity contribution in [2.24, 2.45) is 0 Å². The van der Waals surface area contributed by atoms with Crippen LogP contribution in [-0.2, 0) is 16.0 Å². The highest BCUT2D eigenvalue weighted by Gasteiger charge is 2.18. The summed E-state index contributed by atoms with van der Waals surface area (Å²) in [6, 6.07) is 17.4. The van der Waals surface area contributed by atoms with Crippen molar-refractivity contribution >= 4 is 12.1 Å². The molecule has 0 spiro atoms. The first-order valence-electron chi connectivity index (χ1n) is 9.55. The molecule has 5 heteroatoms. The quantitative estimate of drug-likeness (QED) is 0.547. The maximum absolute atomic E-state index is 12.3. The zero-order valence-electron chi connectivity index (χ0n) is 17.0. The molecule has 0 radical (unpaired) electrons. The Morgan fingerprint density at radius 3 is 2.32 bits per heavy atom. The van der Waals surface area contributed by atoms with Crippen LogP contribution in [-0.4, -0.2) is 23.7 Å². The number of ether oxygens (including phenoxy) is 2. The second kappa shape index (κ2) is 9.93. The van der Waals surface area contributed by atoms with E-state index in [1.54, 1.807) is 6.07 Å². The van der Waals surface area contributed by atoms with Crippen LogP contribution in [0.5, 0.6) is 5.75 Å². The zero-order chi connectivity index (χ0) is 20.6. The number of hydrogen-bond donors (Lipinski definition) is 1. The van der Waals surface area contributed by atoms with Crippen LogP contribution in [0.3, 0.4) is 0 Å². The van der Waals surface area contributed by atoms with E-state index in [4.69, 9.17) is 9.47 Å². The fourth-order valence-electron chi connectivity index (χ4n) is 2.65. The summed E-state index contributed by atoms with van der Waals surface area (Å²) >= 11 is 0. The van der Waals surface area contributed by atoms with Crippen LogP contribution >= 0.6 is 0 Å². The lowest BCUT2D eigenvalue weighted by molar-refractivity contribution is -0.134. The van der Waals surface area contributed by atoms with Crippen molar-refractivity contribution in [2.45, 2.75) is 58.6 Å². The lowest BCUT2D eigenvalue weighted by Gasteiger charge is -2.21. The summed E-state index contributed by atoms with van der Waals surface area (Å²) in [4.78, 5) is 24.0. The lowest BCUT2D eigenvalue weighted by atomic mass is 10.0. The fraction of sp³-hybridized carbons (Fsp3) is 0.391. The van der Waals surface area contributed by atoms with Gasteiger partial charge in [-0.05, 0) is 51.3 Å². The Labute approximate surface area is 167 Å². The van der Waals surface area contributed by atoms with Gasteiger partial charge in [0.1, 0.15) is 11.4 Å². The summed E-state index contributed by atoms with van der Waals surface area (Å²) in [5.74, 6) is 0.252. The molecule has 0 heterocycles. The van der Waals surface area contributed by atoms with Gasteiger partial charge in [-0.1, -0.05) is 48.5 Å². The lowest BCUT2D eigenvalue weighted by Crippen LogP contribution is -2.38. The van der Waals surface area contributed by atoms with Gasteiger partial charge in [-0.15, -0.1) is 0 Å². The Morgan fingerprint density at radius 1 is 1.00 bits per heavy atom. The van der Waals surface area contributed by atoms with E-state index in [9.17, 15) is 9.59 Å². The van der Waals surface area contributed by atoms with Crippen LogP contribution in [0.2, 0.25) is 0 Å². The van der Waals surface area contributed by atoms with E-state index < -0.39 is 11.7 Å². The molecular formula is C23H29NO4. The van der Waals surface area contributed by atoms with Crippen molar-refractivity contribution in [3.63, 3.8) is 0 Å². The van der Waals surface area contributed by atoms with E-state index >= 15 is 0 Å². The third-order valence-electron chi connectivity index (χ3n) is 3.98. The Morgan fingerprint density at radius 2 is 1.64 bits per heavy atom. The predicted octanol–water partition coefficient (Wildman–Crippen LogP) is 4.88. The number of esters is 1. The average molecular weight is 383 g/mol. The molecule has 1 amide bonds. The zero-order valence-corrected chi connectivity index (χ0v) is 17.0. The number of rotatable bonds is 7. The monoisotopic (exact) mass is 383 g/mol. The van der Waals surface area contributed by atoms with Crippen molar-refractivity contribution in [1.29, 1.82) is 0 Å². The summed E-state index contributed by atoms with van der Waals surface area (Å²) in [5.41, 5.74) is 1.56. The molecule has 2 rings (SSSR count). The minimum Gasteiger partial charge on any atom is -0.444 e. The number of para-hydroxylation sites is 1. The molecule has 28 heavy (non-hydrogen) atoms. The number of carbonyl (C=O) groups is 2. The molecule has 0 saturated heterocycles. The second-order valence-electron chi connectivity index (χ2n) is 7.83. The van der Waals surface area contributed by atoms with Crippen LogP contribution in [0, 0.1) is 0 Å². The van der Waals surface area contributed by atoms with E-state index in [0.717, 1.165) is 11.1 Å². The SMILES string of the molecule is CC(CCC(=O)Oc1ccccc1Cc1ccccc1)NC(=O)OC(C)(C)C. The van der Waals surface area contributed by atoms with Crippen LogP contribution in [0.15, 0.2) is 54.6 Å². The van der Waals surface area contributed by atoms with Gasteiger partial charge in [0.25, 0.3) is 0 Å². The largest absolute Gasteiger partial charge is 0.444 e. The van der Waals surface area contributed by atoms with Gasteiger partial charge >= 0.3 is 12.1 Å². The first-order valence-corrected chi connectivity index (χ1v) is 9.55. The van der Waals surface area contributed by atoms with Crippen molar-refractivity contribution in [3.05, 3.63) is 65.7 Å². The molecule has 2 aromatic carbocycles. The normalized spacial score (nSPS) is 12.1. The standard InChI is InChI=1S/C23H29NO4/c1-17(24-22(26)28-23(2,3)4)14-15-21(25)27-20-13-9-8-12-19(20)16-18-10-6-5-7-11-18/h5-13,17H,14-16H2,1-4H3,(H,24,26). The summed E-state index contributed by atoms with van der Waals surface area (Å²) in [7, 11) is 0. The maximum atomic E-state index is 12.3. The number of hydrogen-bond acceptors (Lipinski definition) is 4. The van der Waals surface area contributed by atoms with Gasteiger partial charge < -0.3 is 14.8 Å². The van der Waals surface area contributed by atoms with Crippen LogP contribution < -0.4 is 10.1 Å². The number of alkyl carbamates (subject to hydrolysis) is 1. The minimum atomic E-state index is -0.550. The minimum absolute atomic E-state index is 0.193. The average Bonchev–Trinajstić information content (AvgIpc) is 2.61. The summed E-state index contributed by atoms with van der Waals surface area (Å²) in [6.45, 7) is 7.26. The third kappa shape index (κ3) is 7.82. The molecule has 1 atom stereocenters. The van der Waals surface area contributed by atoms with E-state index in [1.807, 2.05) is 76.2 Å². The van der Waals surface area contributed by atoms with Crippen LogP contribution in [0.25, 0.3) is 0 Å². The first-order chi connectivity index (χ1) is 13.2. The number of benzene rings is 2. The number of nitrogens with one attached hydrogen (secondary N) is 1. The van der Waals surface area contributed by atoms with E-state index in [1.165, 1.54) is 0 Å². The summed E-state index contributed by atoms with van der Waals surface area (Å²) < 4.78 is 10.8. The van der Waals surface area contributed by atoms with Crippen LogP contribution in [0.1, 0.15) is 51.7 Å². The number of amides is 1. The molecule has 0 fully saturated rings. The molecule has 5 nitrogen and oxygen atoms in total. The molecule has 2 aromatic rings. The molecule has 0 aliphatic carbocycles. The topological polar surface area (TPSA) is 64.6 Å². The van der Waals surface area contributed by atoms with Crippen molar-refractivity contribution in [2.75, 3.05) is 0 Å². The molecule has 0 aliphatic rings. The Bertz CT molecular complexity index is 781. The molecule has 0 aliphatic heterocycles. The Balaban J connectivity index is 1.85. The van der Waals surface area contributed by atoms with Gasteiger partial charge in [0.05, 0.1) is 0 Å². The molecule has 150 valence electrons. The summed E-state index contributed by atoms with van der Waals surface area (Å²) in [6.07, 6.45) is 0.887. The molecule has 0 bridgehead atoms. The highest BCUT2D eigenvalue weighted by atomic mass is 16.6. The fourth-order valence-corrected chi connectivity index (χ4v) is 2.65. The highest BCUT2D eigenvalue weighted by molar-refractivity contribution is 5.73. The predicted molar refractivity (Wildman–Crippen MR) is 109 cm³/mol. The van der Waals surface area contributed by atoms with Gasteiger partial charge in [-0.2, -0.15) is 0 Å². The van der Waals surface area contributed by atoms with Gasteiger partial charge in [0, 0.05) is 18.9 Å². The van der Waals surface area contributed by atoms with Gasteiger partial charge in [0.15, 0.2) is 0 Å². The van der Waals surface area contributed by atoms with Crippen molar-refractivity contribution in [1.82, 2.24) is 5.32 Å². The molecular weight excluding hydrogens is 354 g/mol. The number of carbonyl (C=O) groups excluding carboxylic acids is 2. The second-order valence-corrected chi connectivity index (χ2v) is 7.83. The smallest absolute Gasteiger partial charge is 0.407 e. The van der Waals surface area contributed by atoms with Crippen LogP contribution in [0.4, 0.5) is 4.79 Å². The van der Waals surface area contributed by atoms with E-state index in [2.05, 4.69) is 5.32 Å². The highest BCUT2D eigenvalue weighted by Crippen LogP contribution is 2.22. The van der Waals surface area contributed by atoms with Gasteiger partial charge in [-0.25, -0.2) is 4.79 Å². The van der Waals surface area contributed by atoms with Gasteiger partial charge in [-0.3, -0.25) is 4.79 Å². The van der Waals surface area contributed by atoms with E-state index in [0.29, 0.717) is 18.6 Å². The van der Waals surface area contributed by atoms with E-state index in [-0.39, 0.29) is 18.4 Å². The Hall–Kier alpha value is -2.82. The maximum Gasteiger partial charge on any atom is 0.407 e. The molecule has 0 aromatic heterocycles. The first kappa shape index (κ1) is 21.5. The molecule has 1 N–H and O–H groups in total.